The van der Waals surface area contributed by atoms with Gasteiger partial charge in [0.25, 0.3) is 0 Å². The fraction of sp³-hybridized carbons (Fsp3) is 0.429. The van der Waals surface area contributed by atoms with E-state index in [1.807, 2.05) is 31.2 Å². The molecular formula is C14H18N2O2S2. The molecule has 1 heterocycles. The summed E-state index contributed by atoms with van der Waals surface area (Å²) in [6.07, 6.45) is 0.997. The van der Waals surface area contributed by atoms with Crippen molar-refractivity contribution < 1.29 is 9.90 Å². The topological polar surface area (TPSA) is 62.2 Å². The first-order valence-electron chi connectivity index (χ1n) is 6.62. The van der Waals surface area contributed by atoms with Gasteiger partial charge in [0.2, 0.25) is 5.91 Å². The first kappa shape index (κ1) is 15.3. The molecule has 0 saturated heterocycles. The summed E-state index contributed by atoms with van der Waals surface area (Å²) in [5.41, 5.74) is 0.978. The van der Waals surface area contributed by atoms with E-state index in [4.69, 9.17) is 0 Å². The molecule has 0 saturated carbocycles. The van der Waals surface area contributed by atoms with E-state index >= 15 is 0 Å². The lowest BCUT2D eigenvalue weighted by Gasteiger charge is -2.08. The molecular weight excluding hydrogens is 292 g/mol. The summed E-state index contributed by atoms with van der Waals surface area (Å²) in [4.78, 5) is 16.1. The molecule has 108 valence electrons. The average Bonchev–Trinajstić information content (AvgIpc) is 2.87. The molecule has 1 amide bonds. The lowest BCUT2D eigenvalue weighted by molar-refractivity contribution is -0.118. The number of thiazole rings is 1. The summed E-state index contributed by atoms with van der Waals surface area (Å²) in [6, 6.07) is 7.95. The van der Waals surface area contributed by atoms with E-state index in [-0.39, 0.29) is 12.0 Å². The Balaban J connectivity index is 1.75. The highest BCUT2D eigenvalue weighted by molar-refractivity contribution is 8.01. The predicted molar refractivity (Wildman–Crippen MR) is 84.3 cm³/mol. The van der Waals surface area contributed by atoms with Crippen LogP contribution in [0.15, 0.2) is 28.6 Å². The van der Waals surface area contributed by atoms with Gasteiger partial charge in [-0.1, -0.05) is 30.8 Å². The van der Waals surface area contributed by atoms with Crippen molar-refractivity contribution >= 4 is 39.2 Å². The Morgan fingerprint density at radius 1 is 1.50 bits per heavy atom. The quantitative estimate of drug-likeness (QED) is 0.772. The van der Waals surface area contributed by atoms with Gasteiger partial charge in [0.05, 0.1) is 22.1 Å². The summed E-state index contributed by atoms with van der Waals surface area (Å²) < 4.78 is 2.05. The van der Waals surface area contributed by atoms with Crippen molar-refractivity contribution in [3.8, 4) is 0 Å². The second-order valence-electron chi connectivity index (χ2n) is 4.44. The van der Waals surface area contributed by atoms with Crippen LogP contribution in [0.1, 0.15) is 19.8 Å². The molecule has 20 heavy (non-hydrogen) atoms. The van der Waals surface area contributed by atoms with Gasteiger partial charge >= 0.3 is 0 Å². The van der Waals surface area contributed by atoms with E-state index in [1.165, 1.54) is 11.8 Å². The molecule has 0 aliphatic carbocycles. The fourth-order valence-electron chi connectivity index (χ4n) is 1.67. The first-order valence-corrected chi connectivity index (χ1v) is 8.42. The fourth-order valence-corrected chi connectivity index (χ4v) is 3.57. The number of benzene rings is 1. The Morgan fingerprint density at radius 3 is 3.05 bits per heavy atom. The second-order valence-corrected chi connectivity index (χ2v) is 6.69. The van der Waals surface area contributed by atoms with Crippen LogP contribution < -0.4 is 5.32 Å². The van der Waals surface area contributed by atoms with Gasteiger partial charge in [0, 0.05) is 6.54 Å². The molecule has 0 bridgehead atoms. The number of hydrogen-bond donors (Lipinski definition) is 2. The minimum atomic E-state index is -0.327. The summed E-state index contributed by atoms with van der Waals surface area (Å²) >= 11 is 3.06. The monoisotopic (exact) mass is 310 g/mol. The van der Waals surface area contributed by atoms with Crippen molar-refractivity contribution in [3.63, 3.8) is 0 Å². The maximum absolute atomic E-state index is 11.7. The molecule has 0 aliphatic rings. The second kappa shape index (κ2) is 7.61. The summed E-state index contributed by atoms with van der Waals surface area (Å²) in [5.74, 6) is 0.347. The Hall–Kier alpha value is -1.11. The van der Waals surface area contributed by atoms with E-state index in [0.717, 1.165) is 21.0 Å². The number of aromatic nitrogens is 1. The number of rotatable bonds is 7. The van der Waals surface area contributed by atoms with Crippen molar-refractivity contribution in [2.24, 2.45) is 0 Å². The van der Waals surface area contributed by atoms with Crippen molar-refractivity contribution in [2.75, 3.05) is 12.3 Å². The molecule has 0 radical (unpaired) electrons. The highest BCUT2D eigenvalue weighted by Crippen LogP contribution is 2.28. The van der Waals surface area contributed by atoms with Crippen LogP contribution >= 0.6 is 23.1 Å². The molecule has 2 N–H and O–H groups in total. The minimum Gasteiger partial charge on any atom is -0.393 e. The first-order chi connectivity index (χ1) is 9.69. The number of amides is 1. The van der Waals surface area contributed by atoms with E-state index in [2.05, 4.69) is 10.3 Å². The van der Waals surface area contributed by atoms with Crippen LogP contribution in [0, 0.1) is 0 Å². The van der Waals surface area contributed by atoms with Crippen molar-refractivity contribution in [3.05, 3.63) is 24.3 Å². The van der Waals surface area contributed by atoms with E-state index in [1.54, 1.807) is 11.3 Å². The van der Waals surface area contributed by atoms with Gasteiger partial charge in [-0.05, 0) is 25.0 Å². The smallest absolute Gasteiger partial charge is 0.230 e. The Labute approximate surface area is 126 Å². The number of thioether (sulfide) groups is 1. The van der Waals surface area contributed by atoms with E-state index < -0.39 is 0 Å². The number of fused-ring (bicyclic) bond motifs is 1. The molecule has 1 atom stereocenters. The van der Waals surface area contributed by atoms with Crippen molar-refractivity contribution in [2.45, 2.75) is 30.2 Å². The predicted octanol–water partition coefficient (Wildman–Crippen LogP) is 2.67. The zero-order valence-electron chi connectivity index (χ0n) is 11.3. The normalized spacial score (nSPS) is 12.5. The molecule has 1 aromatic carbocycles. The third kappa shape index (κ3) is 4.47. The highest BCUT2D eigenvalue weighted by atomic mass is 32.2. The molecule has 0 fully saturated rings. The summed E-state index contributed by atoms with van der Waals surface area (Å²) in [6.45, 7) is 2.45. The molecule has 1 aromatic heterocycles. The van der Waals surface area contributed by atoms with Gasteiger partial charge < -0.3 is 10.4 Å². The third-order valence-corrected chi connectivity index (χ3v) is 5.05. The van der Waals surface area contributed by atoms with Gasteiger partial charge in [0.15, 0.2) is 4.34 Å². The maximum Gasteiger partial charge on any atom is 0.230 e. The molecule has 4 nitrogen and oxygen atoms in total. The zero-order valence-corrected chi connectivity index (χ0v) is 13.0. The number of hydrogen-bond acceptors (Lipinski definition) is 5. The van der Waals surface area contributed by atoms with Crippen LogP contribution in [0.25, 0.3) is 10.2 Å². The van der Waals surface area contributed by atoms with Crippen LogP contribution in [0.5, 0.6) is 0 Å². The maximum atomic E-state index is 11.7. The number of aliphatic hydroxyl groups is 1. The van der Waals surface area contributed by atoms with E-state index in [0.29, 0.717) is 18.7 Å². The number of aliphatic hydroxyl groups excluding tert-OH is 1. The Kier molecular flexibility index (Phi) is 5.82. The van der Waals surface area contributed by atoms with E-state index in [9.17, 15) is 9.90 Å². The van der Waals surface area contributed by atoms with Gasteiger partial charge in [-0.2, -0.15) is 0 Å². The average molecular weight is 310 g/mol. The van der Waals surface area contributed by atoms with Crippen LogP contribution in [-0.2, 0) is 4.79 Å². The summed E-state index contributed by atoms with van der Waals surface area (Å²) in [5, 5.41) is 12.2. The number of nitrogens with one attached hydrogen (secondary N) is 1. The van der Waals surface area contributed by atoms with Crippen molar-refractivity contribution in [1.29, 1.82) is 0 Å². The molecule has 2 rings (SSSR count). The molecule has 1 unspecified atom stereocenters. The number of carbonyl (C=O) groups is 1. The standard InChI is InChI=1S/C14H18N2O2S2/c1-2-10(17)7-8-15-13(18)9-19-14-16-11-5-3-4-6-12(11)20-14/h3-6,10,17H,2,7-9H2,1H3,(H,15,18). The molecule has 0 spiro atoms. The van der Waals surface area contributed by atoms with Gasteiger partial charge in [-0.3, -0.25) is 4.79 Å². The van der Waals surface area contributed by atoms with Crippen LogP contribution in [0.2, 0.25) is 0 Å². The summed E-state index contributed by atoms with van der Waals surface area (Å²) in [7, 11) is 0. The molecule has 6 heteroatoms. The third-order valence-electron chi connectivity index (χ3n) is 2.87. The van der Waals surface area contributed by atoms with Crippen LogP contribution in [0.3, 0.4) is 0 Å². The zero-order chi connectivity index (χ0) is 14.4. The number of para-hydroxylation sites is 1. The van der Waals surface area contributed by atoms with Crippen LogP contribution in [-0.4, -0.2) is 34.4 Å². The van der Waals surface area contributed by atoms with Crippen LogP contribution in [0.4, 0.5) is 0 Å². The lowest BCUT2D eigenvalue weighted by Crippen LogP contribution is -2.28. The Bertz CT molecular complexity index is 538. The number of carbonyl (C=O) groups excluding carboxylic acids is 1. The lowest BCUT2D eigenvalue weighted by atomic mass is 10.2. The van der Waals surface area contributed by atoms with Crippen molar-refractivity contribution in [1.82, 2.24) is 10.3 Å². The highest BCUT2D eigenvalue weighted by Gasteiger charge is 2.08. The SMILES string of the molecule is CCC(O)CCNC(=O)CSc1nc2ccccc2s1. The van der Waals surface area contributed by atoms with Gasteiger partial charge in [-0.15, -0.1) is 11.3 Å². The Morgan fingerprint density at radius 2 is 2.30 bits per heavy atom. The molecule has 0 aliphatic heterocycles. The largest absolute Gasteiger partial charge is 0.393 e. The van der Waals surface area contributed by atoms with Gasteiger partial charge in [-0.25, -0.2) is 4.98 Å². The number of nitrogens with zero attached hydrogens (tertiary/aromatic N) is 1. The van der Waals surface area contributed by atoms with Gasteiger partial charge in [0.1, 0.15) is 0 Å². The molecule has 2 aromatic rings. The minimum absolute atomic E-state index is 0.0161.